The van der Waals surface area contributed by atoms with Crippen molar-refractivity contribution in [2.45, 2.75) is 52.4 Å². The smallest absolute Gasteiger partial charge is 0.308 e. The molecule has 0 N–H and O–H groups in total. The van der Waals surface area contributed by atoms with Crippen LogP contribution in [0.2, 0.25) is 0 Å². The maximum atomic E-state index is 11.7. The summed E-state index contributed by atoms with van der Waals surface area (Å²) in [4.78, 5) is 23.3. The Kier molecular flexibility index (Phi) is 6.76. The van der Waals surface area contributed by atoms with Gasteiger partial charge in [0.05, 0.1) is 25.0 Å². The molecule has 0 spiro atoms. The molecule has 4 heteroatoms. The van der Waals surface area contributed by atoms with Gasteiger partial charge in [0.25, 0.3) is 0 Å². The lowest BCUT2D eigenvalue weighted by Gasteiger charge is -2.25. The van der Waals surface area contributed by atoms with Gasteiger partial charge in [0.15, 0.2) is 0 Å². The van der Waals surface area contributed by atoms with Crippen LogP contribution < -0.4 is 0 Å². The third-order valence-corrected chi connectivity index (χ3v) is 3.42. The molecule has 1 aliphatic rings. The van der Waals surface area contributed by atoms with E-state index in [1.54, 1.807) is 0 Å². The highest BCUT2D eigenvalue weighted by Gasteiger charge is 2.31. The van der Waals surface area contributed by atoms with Gasteiger partial charge in [-0.25, -0.2) is 0 Å². The number of rotatable bonds is 6. The predicted molar refractivity (Wildman–Crippen MR) is 67.9 cm³/mol. The molecule has 0 radical (unpaired) electrons. The van der Waals surface area contributed by atoms with Crippen molar-refractivity contribution in [1.29, 1.82) is 0 Å². The molecule has 0 bridgehead atoms. The first-order valence-corrected chi connectivity index (χ1v) is 7.02. The fourth-order valence-corrected chi connectivity index (χ4v) is 2.26. The molecule has 0 amide bonds. The third-order valence-electron chi connectivity index (χ3n) is 3.42. The molecule has 4 nitrogen and oxygen atoms in total. The Morgan fingerprint density at radius 2 is 1.44 bits per heavy atom. The highest BCUT2D eigenvalue weighted by atomic mass is 16.5. The summed E-state index contributed by atoms with van der Waals surface area (Å²) >= 11 is 0. The number of esters is 2. The molecule has 18 heavy (non-hydrogen) atoms. The largest absolute Gasteiger partial charge is 0.466 e. The molecule has 1 aliphatic carbocycles. The molecule has 1 saturated carbocycles. The summed E-state index contributed by atoms with van der Waals surface area (Å²) in [5, 5.41) is 0. The molecular weight excluding hydrogens is 232 g/mol. The molecule has 0 aromatic rings. The Balaban J connectivity index is 2.26. The number of ether oxygens (including phenoxy) is 2. The number of unbranched alkanes of at least 4 members (excludes halogenated alkanes) is 1. The summed E-state index contributed by atoms with van der Waals surface area (Å²) in [5.74, 6) is -0.252. The van der Waals surface area contributed by atoms with Crippen LogP contribution in [0, 0.1) is 11.8 Å². The molecule has 1 fully saturated rings. The zero-order valence-corrected chi connectivity index (χ0v) is 11.4. The lowest BCUT2D eigenvalue weighted by Crippen LogP contribution is -2.28. The summed E-state index contributed by atoms with van der Waals surface area (Å²) in [5.41, 5.74) is 0. The third kappa shape index (κ3) is 4.67. The minimum atomic E-state index is -0.115. The molecule has 0 aliphatic heterocycles. The quantitative estimate of drug-likeness (QED) is 0.541. The number of hydrogen-bond donors (Lipinski definition) is 0. The van der Waals surface area contributed by atoms with E-state index in [0.29, 0.717) is 13.2 Å². The zero-order valence-electron chi connectivity index (χ0n) is 11.4. The minimum absolute atomic E-state index is 0.0208. The summed E-state index contributed by atoms with van der Waals surface area (Å²) in [7, 11) is 0. The number of hydrogen-bond acceptors (Lipinski definition) is 4. The van der Waals surface area contributed by atoms with E-state index in [1.807, 2.05) is 6.92 Å². The van der Waals surface area contributed by atoms with E-state index in [2.05, 4.69) is 6.92 Å². The van der Waals surface area contributed by atoms with Crippen LogP contribution in [0.25, 0.3) is 0 Å². The predicted octanol–water partition coefficient (Wildman–Crippen LogP) is 2.70. The molecule has 104 valence electrons. The zero-order chi connectivity index (χ0) is 13.4. The molecule has 0 atom stereocenters. The van der Waals surface area contributed by atoms with Gasteiger partial charge in [0, 0.05) is 0 Å². The minimum Gasteiger partial charge on any atom is -0.466 e. The monoisotopic (exact) mass is 256 g/mol. The van der Waals surface area contributed by atoms with Crippen LogP contribution in [-0.2, 0) is 19.1 Å². The number of carbonyl (C=O) groups excluding carboxylic acids is 2. The average Bonchev–Trinajstić information content (AvgIpc) is 2.39. The Morgan fingerprint density at radius 1 is 0.944 bits per heavy atom. The van der Waals surface area contributed by atoms with E-state index >= 15 is 0 Å². The van der Waals surface area contributed by atoms with E-state index in [-0.39, 0.29) is 23.8 Å². The first kappa shape index (κ1) is 15.0. The normalized spacial score (nSPS) is 23.4. The van der Waals surface area contributed by atoms with Gasteiger partial charge < -0.3 is 9.47 Å². The Hall–Kier alpha value is -1.06. The van der Waals surface area contributed by atoms with E-state index in [4.69, 9.17) is 9.47 Å². The summed E-state index contributed by atoms with van der Waals surface area (Å²) in [6, 6.07) is 0. The van der Waals surface area contributed by atoms with Gasteiger partial charge in [-0.15, -0.1) is 0 Å². The molecule has 0 aromatic carbocycles. The van der Waals surface area contributed by atoms with Gasteiger partial charge in [0.1, 0.15) is 0 Å². The standard InChI is InChI=1S/C14H24O4/c1-3-5-10-18-14(16)12-8-6-11(7-9-12)13(15)17-4-2/h11-12H,3-10H2,1-2H3. The van der Waals surface area contributed by atoms with Crippen LogP contribution >= 0.6 is 0 Å². The SMILES string of the molecule is CCCCOC(=O)C1CCC(C(=O)OCC)CC1. The van der Waals surface area contributed by atoms with Crippen LogP contribution in [0.1, 0.15) is 52.4 Å². The summed E-state index contributed by atoms with van der Waals surface area (Å²) in [6.07, 6.45) is 4.93. The van der Waals surface area contributed by atoms with Crippen LogP contribution in [0.15, 0.2) is 0 Å². The molecule has 1 rings (SSSR count). The van der Waals surface area contributed by atoms with Gasteiger partial charge in [-0.3, -0.25) is 9.59 Å². The lowest BCUT2D eigenvalue weighted by atomic mass is 9.82. The van der Waals surface area contributed by atoms with Crippen molar-refractivity contribution in [1.82, 2.24) is 0 Å². The van der Waals surface area contributed by atoms with Gasteiger partial charge in [-0.05, 0) is 39.0 Å². The fourth-order valence-electron chi connectivity index (χ4n) is 2.26. The topological polar surface area (TPSA) is 52.6 Å². The van der Waals surface area contributed by atoms with Crippen LogP contribution in [0.4, 0.5) is 0 Å². The van der Waals surface area contributed by atoms with Gasteiger partial charge in [-0.2, -0.15) is 0 Å². The molecule has 0 heterocycles. The van der Waals surface area contributed by atoms with E-state index in [1.165, 1.54) is 0 Å². The van der Waals surface area contributed by atoms with Crippen LogP contribution in [0.3, 0.4) is 0 Å². The van der Waals surface area contributed by atoms with Gasteiger partial charge in [-0.1, -0.05) is 13.3 Å². The second kappa shape index (κ2) is 8.11. The fraction of sp³-hybridized carbons (Fsp3) is 0.857. The number of carbonyl (C=O) groups is 2. The van der Waals surface area contributed by atoms with E-state index < -0.39 is 0 Å². The second-order valence-electron chi connectivity index (χ2n) is 4.82. The summed E-state index contributed by atoms with van der Waals surface area (Å²) in [6.45, 7) is 4.83. The molecular formula is C14H24O4. The highest BCUT2D eigenvalue weighted by Crippen LogP contribution is 2.30. The van der Waals surface area contributed by atoms with Crippen molar-refractivity contribution in [2.24, 2.45) is 11.8 Å². The molecule has 0 unspecified atom stereocenters. The first-order valence-electron chi connectivity index (χ1n) is 7.02. The lowest BCUT2D eigenvalue weighted by molar-refractivity contribution is -0.155. The molecule has 0 aromatic heterocycles. The van der Waals surface area contributed by atoms with Crippen LogP contribution in [-0.4, -0.2) is 25.2 Å². The molecule has 0 saturated heterocycles. The maximum absolute atomic E-state index is 11.7. The van der Waals surface area contributed by atoms with Gasteiger partial charge >= 0.3 is 11.9 Å². The summed E-state index contributed by atoms with van der Waals surface area (Å²) < 4.78 is 10.2. The van der Waals surface area contributed by atoms with Crippen molar-refractivity contribution in [3.8, 4) is 0 Å². The maximum Gasteiger partial charge on any atom is 0.308 e. The van der Waals surface area contributed by atoms with Gasteiger partial charge in [0.2, 0.25) is 0 Å². The van der Waals surface area contributed by atoms with Crippen molar-refractivity contribution >= 4 is 11.9 Å². The van der Waals surface area contributed by atoms with Crippen LogP contribution in [0.5, 0.6) is 0 Å². The van der Waals surface area contributed by atoms with Crippen molar-refractivity contribution in [2.75, 3.05) is 13.2 Å². The Labute approximate surface area is 109 Å². The van der Waals surface area contributed by atoms with Crippen molar-refractivity contribution < 1.29 is 19.1 Å². The Morgan fingerprint density at radius 3 is 1.89 bits per heavy atom. The van der Waals surface area contributed by atoms with E-state index in [0.717, 1.165) is 38.5 Å². The first-order chi connectivity index (χ1) is 8.69. The Bertz CT molecular complexity index is 267. The highest BCUT2D eigenvalue weighted by molar-refractivity contribution is 5.75. The van der Waals surface area contributed by atoms with Crippen molar-refractivity contribution in [3.05, 3.63) is 0 Å². The van der Waals surface area contributed by atoms with Crippen molar-refractivity contribution in [3.63, 3.8) is 0 Å². The average molecular weight is 256 g/mol. The second-order valence-corrected chi connectivity index (χ2v) is 4.82. The van der Waals surface area contributed by atoms with E-state index in [9.17, 15) is 9.59 Å².